The first kappa shape index (κ1) is 17.2. The molecule has 5 nitrogen and oxygen atoms in total. The normalized spacial score (nSPS) is 11.3. The molecule has 0 aliphatic heterocycles. The van der Waals surface area contributed by atoms with Crippen LogP contribution in [0.5, 0.6) is 5.75 Å². The van der Waals surface area contributed by atoms with Crippen LogP contribution >= 0.6 is 12.2 Å². The third-order valence-corrected chi connectivity index (χ3v) is 4.48. The summed E-state index contributed by atoms with van der Waals surface area (Å²) < 4.78 is 7.87. The molecule has 0 spiro atoms. The van der Waals surface area contributed by atoms with E-state index in [2.05, 4.69) is 33.5 Å². The van der Waals surface area contributed by atoms with Gasteiger partial charge in [-0.1, -0.05) is 60.7 Å². The number of H-pyrrole nitrogens is 1. The van der Waals surface area contributed by atoms with Crippen LogP contribution in [0, 0.1) is 4.77 Å². The highest BCUT2D eigenvalue weighted by Crippen LogP contribution is 2.27. The van der Waals surface area contributed by atoms with Crippen molar-refractivity contribution in [1.82, 2.24) is 14.9 Å². The van der Waals surface area contributed by atoms with Gasteiger partial charge in [-0.05, 0) is 36.0 Å². The molecule has 27 heavy (non-hydrogen) atoms. The second-order valence-corrected chi connectivity index (χ2v) is 6.29. The first-order valence-electron chi connectivity index (χ1n) is 8.69. The molecule has 0 amide bonds. The molecule has 0 fully saturated rings. The zero-order valence-corrected chi connectivity index (χ0v) is 15.6. The molecule has 4 rings (SSSR count). The lowest BCUT2D eigenvalue weighted by molar-refractivity contribution is 0.340. The van der Waals surface area contributed by atoms with Crippen LogP contribution in [0.4, 0.5) is 0 Å². The van der Waals surface area contributed by atoms with E-state index in [1.54, 1.807) is 10.9 Å². The third-order valence-electron chi connectivity index (χ3n) is 4.22. The predicted molar refractivity (Wildman–Crippen MR) is 111 cm³/mol. The maximum absolute atomic E-state index is 5.81. The molecule has 0 saturated carbocycles. The SMILES string of the molecule is CCOc1ccc2ccccc2c1C=Nn1c(-c2ccccc2)n[nH]c1=S. The zero-order chi connectivity index (χ0) is 18.6. The van der Waals surface area contributed by atoms with Crippen molar-refractivity contribution in [1.29, 1.82) is 0 Å². The van der Waals surface area contributed by atoms with Gasteiger partial charge < -0.3 is 4.74 Å². The van der Waals surface area contributed by atoms with Gasteiger partial charge in [0.2, 0.25) is 4.77 Å². The topological polar surface area (TPSA) is 55.2 Å². The van der Waals surface area contributed by atoms with Gasteiger partial charge in [-0.15, -0.1) is 0 Å². The summed E-state index contributed by atoms with van der Waals surface area (Å²) in [4.78, 5) is 0. The van der Waals surface area contributed by atoms with Crippen LogP contribution < -0.4 is 4.74 Å². The Balaban J connectivity index is 1.84. The molecule has 0 unspecified atom stereocenters. The number of hydrogen-bond acceptors (Lipinski definition) is 4. The summed E-state index contributed by atoms with van der Waals surface area (Å²) in [6, 6.07) is 22.0. The third kappa shape index (κ3) is 3.39. The molecule has 0 atom stereocenters. The predicted octanol–water partition coefficient (Wildman–Crippen LogP) is 5.04. The molecule has 0 bridgehead atoms. The second kappa shape index (κ2) is 7.55. The van der Waals surface area contributed by atoms with E-state index in [9.17, 15) is 0 Å². The minimum atomic E-state index is 0.434. The zero-order valence-electron chi connectivity index (χ0n) is 14.8. The lowest BCUT2D eigenvalue weighted by atomic mass is 10.0. The standard InChI is InChI=1S/C21H18N4OS/c1-2-26-19-13-12-15-8-6-7-11-17(15)18(19)14-22-25-20(23-24-21(25)27)16-9-4-3-5-10-16/h3-14H,2H2,1H3,(H,24,27). The van der Waals surface area contributed by atoms with Crippen LogP contribution in [0.1, 0.15) is 12.5 Å². The molecule has 0 radical (unpaired) electrons. The van der Waals surface area contributed by atoms with Crippen LogP contribution in [0.3, 0.4) is 0 Å². The van der Waals surface area contributed by atoms with Crippen LogP contribution in [-0.2, 0) is 0 Å². The van der Waals surface area contributed by atoms with Crippen molar-refractivity contribution >= 4 is 29.2 Å². The lowest BCUT2D eigenvalue weighted by Gasteiger charge is -2.10. The molecule has 1 aromatic heterocycles. The molecule has 0 aliphatic rings. The van der Waals surface area contributed by atoms with E-state index in [-0.39, 0.29) is 0 Å². The summed E-state index contributed by atoms with van der Waals surface area (Å²) >= 11 is 5.37. The van der Waals surface area contributed by atoms with Gasteiger partial charge in [0, 0.05) is 11.1 Å². The number of ether oxygens (including phenoxy) is 1. The Morgan fingerprint density at radius 2 is 1.85 bits per heavy atom. The van der Waals surface area contributed by atoms with Gasteiger partial charge in [0.1, 0.15) is 5.75 Å². The van der Waals surface area contributed by atoms with Gasteiger partial charge in [0.05, 0.1) is 12.8 Å². The average Bonchev–Trinajstić information content (AvgIpc) is 3.08. The van der Waals surface area contributed by atoms with E-state index >= 15 is 0 Å². The van der Waals surface area contributed by atoms with Crippen LogP contribution in [0.15, 0.2) is 71.8 Å². The van der Waals surface area contributed by atoms with E-state index in [0.717, 1.165) is 27.6 Å². The van der Waals surface area contributed by atoms with Gasteiger partial charge >= 0.3 is 0 Å². The van der Waals surface area contributed by atoms with Gasteiger partial charge in [-0.25, -0.2) is 5.10 Å². The smallest absolute Gasteiger partial charge is 0.216 e. The number of fused-ring (bicyclic) bond motifs is 1. The maximum Gasteiger partial charge on any atom is 0.216 e. The number of rotatable bonds is 5. The molecule has 1 N–H and O–H groups in total. The molecule has 134 valence electrons. The summed E-state index contributed by atoms with van der Waals surface area (Å²) in [6.07, 6.45) is 1.78. The Hall–Kier alpha value is -3.25. The summed E-state index contributed by atoms with van der Waals surface area (Å²) in [6.45, 7) is 2.55. The molecule has 6 heteroatoms. The number of nitrogens with zero attached hydrogens (tertiary/aromatic N) is 3. The van der Waals surface area contributed by atoms with Crippen molar-refractivity contribution in [2.24, 2.45) is 5.10 Å². The van der Waals surface area contributed by atoms with Crippen LogP contribution in [-0.4, -0.2) is 27.7 Å². The van der Waals surface area contributed by atoms with Crippen molar-refractivity contribution < 1.29 is 4.74 Å². The Morgan fingerprint density at radius 1 is 1.07 bits per heavy atom. The molecule has 0 saturated heterocycles. The second-order valence-electron chi connectivity index (χ2n) is 5.91. The van der Waals surface area contributed by atoms with Gasteiger partial charge in [0.25, 0.3) is 0 Å². The molecule has 3 aromatic carbocycles. The number of nitrogens with one attached hydrogen (secondary N) is 1. The summed E-state index contributed by atoms with van der Waals surface area (Å²) in [5.41, 5.74) is 1.85. The van der Waals surface area contributed by atoms with E-state index in [0.29, 0.717) is 17.2 Å². The Bertz CT molecular complexity index is 1160. The Kier molecular flexibility index (Phi) is 4.80. The fourth-order valence-electron chi connectivity index (χ4n) is 2.98. The van der Waals surface area contributed by atoms with Gasteiger partial charge in [0.15, 0.2) is 5.82 Å². The minimum absolute atomic E-state index is 0.434. The van der Waals surface area contributed by atoms with E-state index < -0.39 is 0 Å². The Labute approximate surface area is 161 Å². The highest BCUT2D eigenvalue weighted by atomic mass is 32.1. The number of aromatic amines is 1. The van der Waals surface area contributed by atoms with Crippen molar-refractivity contribution in [3.8, 4) is 17.1 Å². The maximum atomic E-state index is 5.81. The van der Waals surface area contributed by atoms with Crippen LogP contribution in [0.25, 0.3) is 22.2 Å². The fourth-order valence-corrected chi connectivity index (χ4v) is 3.16. The lowest BCUT2D eigenvalue weighted by Crippen LogP contribution is -1.99. The summed E-state index contributed by atoms with van der Waals surface area (Å²) in [5, 5.41) is 14.0. The largest absolute Gasteiger partial charge is 0.493 e. The highest BCUT2D eigenvalue weighted by Gasteiger charge is 2.10. The van der Waals surface area contributed by atoms with Crippen molar-refractivity contribution in [3.05, 3.63) is 77.1 Å². The van der Waals surface area contributed by atoms with Gasteiger partial charge in [-0.3, -0.25) is 0 Å². The van der Waals surface area contributed by atoms with E-state index in [1.165, 1.54) is 0 Å². The Morgan fingerprint density at radius 3 is 2.67 bits per heavy atom. The monoisotopic (exact) mass is 374 g/mol. The minimum Gasteiger partial charge on any atom is -0.493 e. The number of hydrogen-bond donors (Lipinski definition) is 1. The summed E-state index contributed by atoms with van der Waals surface area (Å²) in [7, 11) is 0. The van der Waals surface area contributed by atoms with Crippen molar-refractivity contribution in [2.45, 2.75) is 6.92 Å². The first-order chi connectivity index (χ1) is 13.3. The molecule has 1 heterocycles. The summed E-state index contributed by atoms with van der Waals surface area (Å²) in [5.74, 6) is 1.45. The molecular formula is C21H18N4OS. The van der Waals surface area contributed by atoms with Gasteiger partial charge in [-0.2, -0.15) is 14.9 Å². The van der Waals surface area contributed by atoms with Crippen molar-refractivity contribution in [3.63, 3.8) is 0 Å². The van der Waals surface area contributed by atoms with Crippen molar-refractivity contribution in [2.75, 3.05) is 6.61 Å². The average molecular weight is 374 g/mol. The highest BCUT2D eigenvalue weighted by molar-refractivity contribution is 7.71. The number of aromatic nitrogens is 3. The molecule has 0 aliphatic carbocycles. The quantitative estimate of drug-likeness (QED) is 0.393. The van der Waals surface area contributed by atoms with E-state index in [1.807, 2.05) is 55.5 Å². The van der Waals surface area contributed by atoms with Crippen LogP contribution in [0.2, 0.25) is 0 Å². The number of benzene rings is 3. The first-order valence-corrected chi connectivity index (χ1v) is 9.10. The fraction of sp³-hybridized carbons (Fsp3) is 0.0952. The molecule has 4 aromatic rings. The van der Waals surface area contributed by atoms with E-state index in [4.69, 9.17) is 17.0 Å². The molecular weight excluding hydrogens is 356 g/mol.